The Hall–Kier alpha value is -0.980. The third-order valence-corrected chi connectivity index (χ3v) is 1.75. The predicted octanol–water partition coefficient (Wildman–Crippen LogP) is 0.975. The number of hydrogen-bond donors (Lipinski definition) is 3. The Morgan fingerprint density at radius 2 is 2.07 bits per heavy atom. The topological polar surface area (TPSA) is 67.2 Å². The first-order chi connectivity index (χ1) is 6.91. The standard InChI is InChI=1S/C8H16F3N3O/c1-2-3-4-13-7(15)14-6(5-12)8(9,10)11/h6H,2-5,12H2,1H3,(H2,13,14,15). The van der Waals surface area contributed by atoms with Crippen molar-refractivity contribution in [3.05, 3.63) is 0 Å². The summed E-state index contributed by atoms with van der Waals surface area (Å²) in [4.78, 5) is 11.0. The van der Waals surface area contributed by atoms with Crippen molar-refractivity contribution >= 4 is 6.03 Å². The van der Waals surface area contributed by atoms with Gasteiger partial charge in [0.1, 0.15) is 6.04 Å². The summed E-state index contributed by atoms with van der Waals surface area (Å²) >= 11 is 0. The zero-order valence-corrected chi connectivity index (χ0v) is 8.53. The Kier molecular flexibility index (Phi) is 6.07. The number of carbonyl (C=O) groups excluding carboxylic acids is 1. The van der Waals surface area contributed by atoms with E-state index < -0.39 is 24.8 Å². The Morgan fingerprint density at radius 3 is 2.47 bits per heavy atom. The number of amides is 2. The number of nitrogens with one attached hydrogen (secondary N) is 2. The number of rotatable bonds is 5. The molecule has 0 aliphatic heterocycles. The fraction of sp³-hybridized carbons (Fsp3) is 0.875. The predicted molar refractivity (Wildman–Crippen MR) is 50.3 cm³/mol. The highest BCUT2D eigenvalue weighted by Gasteiger charge is 2.39. The van der Waals surface area contributed by atoms with Crippen molar-refractivity contribution in [2.24, 2.45) is 5.73 Å². The van der Waals surface area contributed by atoms with Gasteiger partial charge in [0, 0.05) is 13.1 Å². The van der Waals surface area contributed by atoms with Gasteiger partial charge in [-0.15, -0.1) is 0 Å². The number of unbranched alkanes of at least 4 members (excludes halogenated alkanes) is 1. The first-order valence-corrected chi connectivity index (χ1v) is 4.73. The van der Waals surface area contributed by atoms with Crippen molar-refractivity contribution in [2.75, 3.05) is 13.1 Å². The van der Waals surface area contributed by atoms with Crippen LogP contribution in [0.15, 0.2) is 0 Å². The molecule has 0 fully saturated rings. The summed E-state index contributed by atoms with van der Waals surface area (Å²) < 4.78 is 36.4. The van der Waals surface area contributed by atoms with Crippen molar-refractivity contribution in [1.82, 2.24) is 10.6 Å². The molecule has 0 aromatic carbocycles. The molecule has 0 saturated heterocycles. The van der Waals surface area contributed by atoms with E-state index in [-0.39, 0.29) is 0 Å². The smallest absolute Gasteiger partial charge is 0.338 e. The molecule has 15 heavy (non-hydrogen) atoms. The van der Waals surface area contributed by atoms with Crippen LogP contribution in [0.5, 0.6) is 0 Å². The first kappa shape index (κ1) is 14.0. The average molecular weight is 227 g/mol. The van der Waals surface area contributed by atoms with E-state index in [1.807, 2.05) is 6.92 Å². The molecule has 7 heteroatoms. The van der Waals surface area contributed by atoms with Gasteiger partial charge in [0.05, 0.1) is 0 Å². The lowest BCUT2D eigenvalue weighted by atomic mass is 10.3. The molecule has 4 N–H and O–H groups in total. The van der Waals surface area contributed by atoms with Crippen LogP contribution in [0.1, 0.15) is 19.8 Å². The van der Waals surface area contributed by atoms with Crippen molar-refractivity contribution in [2.45, 2.75) is 32.0 Å². The van der Waals surface area contributed by atoms with Crippen LogP contribution in [0.25, 0.3) is 0 Å². The van der Waals surface area contributed by atoms with Gasteiger partial charge in [-0.25, -0.2) is 4.79 Å². The van der Waals surface area contributed by atoms with Crippen LogP contribution >= 0.6 is 0 Å². The van der Waals surface area contributed by atoms with Crippen LogP contribution in [0.2, 0.25) is 0 Å². The summed E-state index contributed by atoms with van der Waals surface area (Å²) in [5.41, 5.74) is 4.90. The SMILES string of the molecule is CCCCNC(=O)NC(CN)C(F)(F)F. The Bertz CT molecular complexity index is 196. The number of urea groups is 1. The zero-order valence-electron chi connectivity index (χ0n) is 8.53. The molecule has 0 spiro atoms. The van der Waals surface area contributed by atoms with Gasteiger partial charge in [-0.05, 0) is 6.42 Å². The van der Waals surface area contributed by atoms with Crippen LogP contribution in [-0.4, -0.2) is 31.3 Å². The lowest BCUT2D eigenvalue weighted by molar-refractivity contribution is -0.150. The van der Waals surface area contributed by atoms with Gasteiger partial charge in [-0.1, -0.05) is 13.3 Å². The molecule has 90 valence electrons. The molecule has 2 amide bonds. The minimum absolute atomic E-state index is 0.359. The lowest BCUT2D eigenvalue weighted by Gasteiger charge is -2.19. The summed E-state index contributed by atoms with van der Waals surface area (Å²) in [5, 5.41) is 4.08. The van der Waals surface area contributed by atoms with E-state index in [1.54, 1.807) is 5.32 Å². The normalized spacial score (nSPS) is 13.4. The van der Waals surface area contributed by atoms with Gasteiger partial charge >= 0.3 is 12.2 Å². The van der Waals surface area contributed by atoms with Crippen LogP contribution < -0.4 is 16.4 Å². The molecule has 0 aromatic rings. The van der Waals surface area contributed by atoms with E-state index in [9.17, 15) is 18.0 Å². The van der Waals surface area contributed by atoms with Crippen molar-refractivity contribution in [1.29, 1.82) is 0 Å². The Balaban J connectivity index is 3.92. The van der Waals surface area contributed by atoms with Crippen LogP contribution in [0, 0.1) is 0 Å². The van der Waals surface area contributed by atoms with E-state index in [0.717, 1.165) is 12.8 Å². The molecule has 1 unspecified atom stereocenters. The maximum absolute atomic E-state index is 12.1. The molecule has 4 nitrogen and oxygen atoms in total. The molecule has 1 atom stereocenters. The number of carbonyl (C=O) groups is 1. The summed E-state index contributed by atoms with van der Waals surface area (Å²) in [6.07, 6.45) is -2.91. The molecular weight excluding hydrogens is 211 g/mol. The number of hydrogen-bond acceptors (Lipinski definition) is 2. The van der Waals surface area contributed by atoms with E-state index >= 15 is 0 Å². The molecule has 0 bridgehead atoms. The van der Waals surface area contributed by atoms with Crippen LogP contribution in [0.4, 0.5) is 18.0 Å². The highest BCUT2D eigenvalue weighted by molar-refractivity contribution is 5.74. The van der Waals surface area contributed by atoms with E-state index in [4.69, 9.17) is 5.73 Å². The van der Waals surface area contributed by atoms with E-state index in [2.05, 4.69) is 5.32 Å². The minimum atomic E-state index is -4.50. The summed E-state index contributed by atoms with van der Waals surface area (Å²) in [7, 11) is 0. The number of halogens is 3. The minimum Gasteiger partial charge on any atom is -0.338 e. The van der Waals surface area contributed by atoms with Gasteiger partial charge < -0.3 is 16.4 Å². The number of nitrogens with two attached hydrogens (primary N) is 1. The van der Waals surface area contributed by atoms with Gasteiger partial charge in [0.15, 0.2) is 0 Å². The van der Waals surface area contributed by atoms with Crippen LogP contribution in [-0.2, 0) is 0 Å². The second-order valence-corrected chi connectivity index (χ2v) is 3.08. The molecule has 0 heterocycles. The monoisotopic (exact) mass is 227 g/mol. The first-order valence-electron chi connectivity index (χ1n) is 4.73. The molecule has 0 aliphatic rings. The maximum Gasteiger partial charge on any atom is 0.409 e. The molecule has 0 aliphatic carbocycles. The van der Waals surface area contributed by atoms with Crippen molar-refractivity contribution < 1.29 is 18.0 Å². The van der Waals surface area contributed by atoms with Crippen LogP contribution in [0.3, 0.4) is 0 Å². The highest BCUT2D eigenvalue weighted by Crippen LogP contribution is 2.18. The molecule has 0 radical (unpaired) electrons. The fourth-order valence-electron chi connectivity index (χ4n) is 0.862. The zero-order chi connectivity index (χ0) is 11.9. The molecule has 0 rings (SSSR count). The third-order valence-electron chi connectivity index (χ3n) is 1.75. The van der Waals surface area contributed by atoms with Gasteiger partial charge in [-0.2, -0.15) is 13.2 Å². The van der Waals surface area contributed by atoms with E-state index in [0.29, 0.717) is 6.54 Å². The second-order valence-electron chi connectivity index (χ2n) is 3.08. The second kappa shape index (κ2) is 6.49. The maximum atomic E-state index is 12.1. The third kappa shape index (κ3) is 6.16. The quantitative estimate of drug-likeness (QED) is 0.613. The van der Waals surface area contributed by atoms with Gasteiger partial charge in [0.2, 0.25) is 0 Å². The molecule has 0 saturated carbocycles. The highest BCUT2D eigenvalue weighted by atomic mass is 19.4. The van der Waals surface area contributed by atoms with Gasteiger partial charge in [-0.3, -0.25) is 0 Å². The summed E-state index contributed by atoms with van der Waals surface area (Å²) in [6, 6.07) is -2.82. The Morgan fingerprint density at radius 1 is 1.47 bits per heavy atom. The largest absolute Gasteiger partial charge is 0.409 e. The van der Waals surface area contributed by atoms with Crippen molar-refractivity contribution in [3.63, 3.8) is 0 Å². The average Bonchev–Trinajstić information content (AvgIpc) is 2.12. The fourth-order valence-corrected chi connectivity index (χ4v) is 0.862. The summed E-state index contributed by atoms with van der Waals surface area (Å²) in [6.45, 7) is 1.61. The van der Waals surface area contributed by atoms with Crippen molar-refractivity contribution in [3.8, 4) is 0 Å². The van der Waals surface area contributed by atoms with Gasteiger partial charge in [0.25, 0.3) is 0 Å². The molecule has 0 aromatic heterocycles. The Labute approximate surface area is 86.4 Å². The van der Waals surface area contributed by atoms with E-state index in [1.165, 1.54) is 0 Å². The molecular formula is C8H16F3N3O. The lowest BCUT2D eigenvalue weighted by Crippen LogP contribution is -2.53. The number of alkyl halides is 3. The summed E-state index contributed by atoms with van der Waals surface area (Å²) in [5.74, 6) is 0.